The van der Waals surface area contributed by atoms with E-state index < -0.39 is 10.0 Å². The molecule has 1 aromatic heterocycles. The van der Waals surface area contributed by atoms with E-state index in [9.17, 15) is 13.2 Å². The number of nitrogens with zero attached hydrogens (tertiary/aromatic N) is 3. The molecule has 0 bridgehead atoms. The van der Waals surface area contributed by atoms with Crippen LogP contribution < -0.4 is 9.46 Å². The number of carbonyl (C=O) groups excluding carboxylic acids is 1. The van der Waals surface area contributed by atoms with Crippen LogP contribution in [0, 0.1) is 6.92 Å². The second-order valence-corrected chi connectivity index (χ2v) is 9.54. The third-order valence-electron chi connectivity index (χ3n) is 5.41. The Morgan fingerprint density at radius 2 is 2.03 bits per heavy atom. The van der Waals surface area contributed by atoms with E-state index in [1.54, 1.807) is 48.2 Å². The van der Waals surface area contributed by atoms with Crippen LogP contribution in [0.4, 0.5) is 5.69 Å². The first-order valence-corrected chi connectivity index (χ1v) is 12.3. The second kappa shape index (κ2) is 9.62. The normalized spacial score (nSPS) is 16.4. The van der Waals surface area contributed by atoms with E-state index in [-0.39, 0.29) is 16.7 Å². The summed E-state index contributed by atoms with van der Waals surface area (Å²) >= 11 is 0. The van der Waals surface area contributed by atoms with Crippen molar-refractivity contribution in [1.29, 1.82) is 0 Å². The molecule has 1 atom stereocenters. The molecule has 1 fully saturated rings. The van der Waals surface area contributed by atoms with Gasteiger partial charge >= 0.3 is 0 Å². The molecular formula is C23H26N4O5S. The smallest absolute Gasteiger partial charge is 0.261 e. The van der Waals surface area contributed by atoms with Crippen molar-refractivity contribution in [1.82, 2.24) is 15.0 Å². The highest BCUT2D eigenvalue weighted by atomic mass is 32.2. The zero-order valence-electron chi connectivity index (χ0n) is 18.5. The van der Waals surface area contributed by atoms with Crippen LogP contribution >= 0.6 is 0 Å². The van der Waals surface area contributed by atoms with E-state index in [0.29, 0.717) is 48.4 Å². The summed E-state index contributed by atoms with van der Waals surface area (Å²) in [7, 11) is -3.87. The summed E-state index contributed by atoms with van der Waals surface area (Å²) in [5, 5.41) is 3.84. The van der Waals surface area contributed by atoms with E-state index >= 15 is 0 Å². The van der Waals surface area contributed by atoms with Crippen molar-refractivity contribution < 1.29 is 22.5 Å². The Bertz CT molecular complexity index is 1220. The van der Waals surface area contributed by atoms with Gasteiger partial charge in [-0.15, -0.1) is 0 Å². The van der Waals surface area contributed by atoms with Crippen molar-refractivity contribution in [3.63, 3.8) is 0 Å². The van der Waals surface area contributed by atoms with Crippen LogP contribution in [0.25, 0.3) is 0 Å². The first kappa shape index (κ1) is 22.8. The number of carbonyl (C=O) groups is 1. The van der Waals surface area contributed by atoms with E-state index in [2.05, 4.69) is 14.9 Å². The van der Waals surface area contributed by atoms with Crippen molar-refractivity contribution in [2.45, 2.75) is 37.5 Å². The number of likely N-dealkylation sites (tertiary alicyclic amines) is 1. The number of rotatable bonds is 7. The van der Waals surface area contributed by atoms with E-state index in [4.69, 9.17) is 9.26 Å². The number of sulfonamides is 1. The van der Waals surface area contributed by atoms with Gasteiger partial charge in [-0.2, -0.15) is 4.98 Å². The maximum Gasteiger partial charge on any atom is 0.261 e. The maximum atomic E-state index is 13.1. The monoisotopic (exact) mass is 470 g/mol. The molecule has 3 aromatic rings. The number of hydrogen-bond donors (Lipinski definition) is 1. The third kappa shape index (κ3) is 5.33. The van der Waals surface area contributed by atoms with Crippen LogP contribution in [0.15, 0.2) is 57.9 Å². The highest BCUT2D eigenvalue weighted by Gasteiger charge is 2.29. The molecule has 0 aliphatic carbocycles. The van der Waals surface area contributed by atoms with E-state index in [1.165, 1.54) is 12.1 Å². The van der Waals surface area contributed by atoms with Gasteiger partial charge < -0.3 is 14.2 Å². The fourth-order valence-corrected chi connectivity index (χ4v) is 4.92. The minimum atomic E-state index is -3.87. The summed E-state index contributed by atoms with van der Waals surface area (Å²) in [4.78, 5) is 19.2. The fourth-order valence-electron chi connectivity index (χ4n) is 3.82. The van der Waals surface area contributed by atoms with Crippen LogP contribution in [-0.2, 0) is 10.0 Å². The molecule has 4 rings (SSSR count). The van der Waals surface area contributed by atoms with Crippen LogP contribution in [0.1, 0.15) is 47.8 Å². The predicted molar refractivity (Wildman–Crippen MR) is 122 cm³/mol. The standard InChI is InChI=1S/C23H26N4O5S/c1-3-31-20-11-9-19(10-12-20)26-33(29,30)21-8-4-6-17(14-21)23(28)27-13-5-7-18(15-27)22-24-16(2)25-32-22/h4,6,8-12,14,18,26H,3,5,7,13,15H2,1-2H3. The number of hydrogen-bond acceptors (Lipinski definition) is 7. The molecule has 2 heterocycles. The lowest BCUT2D eigenvalue weighted by Gasteiger charge is -2.31. The molecule has 1 aliphatic rings. The molecule has 0 saturated carbocycles. The SMILES string of the molecule is CCOc1ccc(NS(=O)(=O)c2cccc(C(=O)N3CCCC(c4nc(C)no4)C3)c2)cc1. The molecule has 33 heavy (non-hydrogen) atoms. The largest absolute Gasteiger partial charge is 0.494 e. The summed E-state index contributed by atoms with van der Waals surface area (Å²) in [6, 6.07) is 12.7. The second-order valence-electron chi connectivity index (χ2n) is 7.86. The molecule has 0 radical (unpaired) electrons. The highest BCUT2D eigenvalue weighted by Crippen LogP contribution is 2.27. The lowest BCUT2D eigenvalue weighted by Crippen LogP contribution is -2.39. The van der Waals surface area contributed by atoms with Gasteiger partial charge in [0.2, 0.25) is 5.89 Å². The molecule has 1 aliphatic heterocycles. The molecule has 1 unspecified atom stereocenters. The third-order valence-corrected chi connectivity index (χ3v) is 6.79. The van der Waals surface area contributed by atoms with Crippen molar-refractivity contribution in [2.24, 2.45) is 0 Å². The molecule has 0 spiro atoms. The zero-order chi connectivity index (χ0) is 23.4. The lowest BCUT2D eigenvalue weighted by molar-refractivity contribution is 0.0695. The number of aromatic nitrogens is 2. The minimum Gasteiger partial charge on any atom is -0.494 e. The van der Waals surface area contributed by atoms with Gasteiger partial charge in [-0.05, 0) is 69.2 Å². The van der Waals surface area contributed by atoms with E-state index in [1.807, 2.05) is 6.92 Å². The van der Waals surface area contributed by atoms with Crippen LogP contribution in [-0.4, -0.2) is 49.1 Å². The molecule has 1 saturated heterocycles. The fraction of sp³-hybridized carbons (Fsp3) is 0.348. The zero-order valence-corrected chi connectivity index (χ0v) is 19.3. The average Bonchev–Trinajstić information content (AvgIpc) is 3.26. The molecule has 174 valence electrons. The lowest BCUT2D eigenvalue weighted by atomic mass is 9.97. The highest BCUT2D eigenvalue weighted by molar-refractivity contribution is 7.92. The summed E-state index contributed by atoms with van der Waals surface area (Å²) in [6.07, 6.45) is 1.65. The van der Waals surface area contributed by atoms with Gasteiger partial charge in [0.15, 0.2) is 5.82 Å². The first-order valence-electron chi connectivity index (χ1n) is 10.8. The Labute approximate surface area is 192 Å². The van der Waals surface area contributed by atoms with Gasteiger partial charge in [-0.1, -0.05) is 11.2 Å². The molecule has 2 aromatic carbocycles. The Balaban J connectivity index is 1.48. The number of nitrogens with one attached hydrogen (secondary N) is 1. The molecule has 10 heteroatoms. The topological polar surface area (TPSA) is 115 Å². The molecule has 1 N–H and O–H groups in total. The Kier molecular flexibility index (Phi) is 6.64. The summed E-state index contributed by atoms with van der Waals surface area (Å²) < 4.78 is 39.0. The van der Waals surface area contributed by atoms with Crippen LogP contribution in [0.3, 0.4) is 0 Å². The van der Waals surface area contributed by atoms with Gasteiger partial charge in [0.05, 0.1) is 17.4 Å². The number of benzene rings is 2. The number of anilines is 1. The maximum absolute atomic E-state index is 13.1. The van der Waals surface area contributed by atoms with Crippen molar-refractivity contribution in [2.75, 3.05) is 24.4 Å². The van der Waals surface area contributed by atoms with Gasteiger partial charge in [0.25, 0.3) is 15.9 Å². The summed E-state index contributed by atoms with van der Waals surface area (Å²) in [5.74, 6) is 1.49. The molecule has 1 amide bonds. The van der Waals surface area contributed by atoms with Gasteiger partial charge in [0, 0.05) is 24.3 Å². The Morgan fingerprint density at radius 1 is 1.24 bits per heavy atom. The number of aryl methyl sites for hydroxylation is 1. The van der Waals surface area contributed by atoms with Crippen molar-refractivity contribution in [3.05, 3.63) is 65.8 Å². The van der Waals surface area contributed by atoms with Crippen molar-refractivity contribution in [3.8, 4) is 5.75 Å². The Hall–Kier alpha value is -3.40. The van der Waals surface area contributed by atoms with Gasteiger partial charge in [0.1, 0.15) is 5.75 Å². The summed E-state index contributed by atoms with van der Waals surface area (Å²) in [6.45, 7) is 5.19. The van der Waals surface area contributed by atoms with Crippen molar-refractivity contribution >= 4 is 21.6 Å². The average molecular weight is 471 g/mol. The molecular weight excluding hydrogens is 444 g/mol. The Morgan fingerprint density at radius 3 is 2.73 bits per heavy atom. The number of ether oxygens (including phenoxy) is 1. The van der Waals surface area contributed by atoms with Gasteiger partial charge in [-0.3, -0.25) is 9.52 Å². The van der Waals surface area contributed by atoms with E-state index in [0.717, 1.165) is 12.8 Å². The number of piperidine rings is 1. The first-order chi connectivity index (χ1) is 15.9. The van der Waals surface area contributed by atoms with Gasteiger partial charge in [-0.25, -0.2) is 8.42 Å². The van der Waals surface area contributed by atoms with Crippen LogP contribution in [0.5, 0.6) is 5.75 Å². The minimum absolute atomic E-state index is 0.0170. The summed E-state index contributed by atoms with van der Waals surface area (Å²) in [5.41, 5.74) is 0.718. The molecule has 9 nitrogen and oxygen atoms in total. The number of amides is 1. The predicted octanol–water partition coefficient (Wildman–Crippen LogP) is 3.60. The van der Waals surface area contributed by atoms with Crippen LogP contribution in [0.2, 0.25) is 0 Å². The quantitative estimate of drug-likeness (QED) is 0.561.